The molecule has 94 valence electrons. The molecular formula is C13H8FN3O2. The molecule has 0 saturated heterocycles. The Bertz CT molecular complexity index is 657. The number of hydrogen-bond acceptors (Lipinski definition) is 4. The number of rotatable bonds is 3. The van der Waals surface area contributed by atoms with Gasteiger partial charge in [-0.1, -0.05) is 0 Å². The van der Waals surface area contributed by atoms with Crippen LogP contribution < -0.4 is 5.43 Å². The number of carbonyl (C=O) groups is 1. The molecule has 0 saturated carbocycles. The van der Waals surface area contributed by atoms with E-state index in [1.54, 1.807) is 12.1 Å². The van der Waals surface area contributed by atoms with Crippen molar-refractivity contribution < 1.29 is 13.6 Å². The van der Waals surface area contributed by atoms with Crippen LogP contribution in [0.25, 0.3) is 0 Å². The van der Waals surface area contributed by atoms with Crippen LogP contribution in [0, 0.1) is 17.1 Å². The molecular weight excluding hydrogens is 249 g/mol. The second-order valence-electron chi connectivity index (χ2n) is 3.56. The summed E-state index contributed by atoms with van der Waals surface area (Å²) >= 11 is 0. The second-order valence-corrected chi connectivity index (χ2v) is 3.56. The first-order chi connectivity index (χ1) is 9.20. The SMILES string of the molecule is N#Cc1ccc(C(=O)N/N=C\c2ccoc2)c(F)c1. The summed E-state index contributed by atoms with van der Waals surface area (Å²) < 4.78 is 18.3. The minimum absolute atomic E-state index is 0.149. The average Bonchev–Trinajstić information content (AvgIpc) is 2.91. The van der Waals surface area contributed by atoms with Crippen molar-refractivity contribution in [1.29, 1.82) is 5.26 Å². The number of carbonyl (C=O) groups excluding carboxylic acids is 1. The molecule has 1 N–H and O–H groups in total. The van der Waals surface area contributed by atoms with E-state index in [4.69, 9.17) is 9.68 Å². The van der Waals surface area contributed by atoms with E-state index in [-0.39, 0.29) is 11.1 Å². The monoisotopic (exact) mass is 257 g/mol. The molecule has 19 heavy (non-hydrogen) atoms. The third-order valence-corrected chi connectivity index (χ3v) is 2.27. The van der Waals surface area contributed by atoms with Gasteiger partial charge in [0.1, 0.15) is 5.82 Å². The average molecular weight is 257 g/mol. The van der Waals surface area contributed by atoms with Crippen molar-refractivity contribution in [3.8, 4) is 6.07 Å². The minimum atomic E-state index is -0.768. The molecule has 0 aliphatic heterocycles. The first-order valence-electron chi connectivity index (χ1n) is 5.26. The summed E-state index contributed by atoms with van der Waals surface area (Å²) in [6.45, 7) is 0. The number of benzene rings is 1. The number of furan rings is 1. The van der Waals surface area contributed by atoms with Crippen LogP contribution >= 0.6 is 0 Å². The van der Waals surface area contributed by atoms with Gasteiger partial charge in [0.2, 0.25) is 0 Å². The van der Waals surface area contributed by atoms with Gasteiger partial charge in [-0.25, -0.2) is 9.82 Å². The van der Waals surface area contributed by atoms with Gasteiger partial charge in [0, 0.05) is 5.56 Å². The molecule has 6 heteroatoms. The van der Waals surface area contributed by atoms with E-state index in [2.05, 4.69) is 10.5 Å². The van der Waals surface area contributed by atoms with Crippen molar-refractivity contribution in [3.63, 3.8) is 0 Å². The lowest BCUT2D eigenvalue weighted by Crippen LogP contribution is -2.19. The van der Waals surface area contributed by atoms with Crippen molar-refractivity contribution in [2.45, 2.75) is 0 Å². The van der Waals surface area contributed by atoms with Crippen LogP contribution in [-0.4, -0.2) is 12.1 Å². The van der Waals surface area contributed by atoms with Gasteiger partial charge in [0.15, 0.2) is 0 Å². The number of amides is 1. The Morgan fingerprint density at radius 1 is 1.47 bits per heavy atom. The van der Waals surface area contributed by atoms with E-state index in [9.17, 15) is 9.18 Å². The highest BCUT2D eigenvalue weighted by Crippen LogP contribution is 2.09. The molecule has 0 unspecified atom stereocenters. The smallest absolute Gasteiger partial charge is 0.274 e. The van der Waals surface area contributed by atoms with Crippen molar-refractivity contribution in [2.75, 3.05) is 0 Å². The lowest BCUT2D eigenvalue weighted by atomic mass is 10.1. The fraction of sp³-hybridized carbons (Fsp3) is 0. The Hall–Kier alpha value is -2.94. The maximum absolute atomic E-state index is 13.5. The van der Waals surface area contributed by atoms with E-state index in [1.165, 1.54) is 30.9 Å². The molecule has 1 amide bonds. The largest absolute Gasteiger partial charge is 0.472 e. The third-order valence-electron chi connectivity index (χ3n) is 2.27. The van der Waals surface area contributed by atoms with Crippen LogP contribution in [0.2, 0.25) is 0 Å². The maximum atomic E-state index is 13.5. The molecule has 1 aromatic carbocycles. The van der Waals surface area contributed by atoms with Gasteiger partial charge in [-0.15, -0.1) is 0 Å². The maximum Gasteiger partial charge on any atom is 0.274 e. The number of halogens is 1. The highest BCUT2D eigenvalue weighted by Gasteiger charge is 2.11. The summed E-state index contributed by atoms with van der Waals surface area (Å²) in [4.78, 5) is 11.6. The molecule has 0 radical (unpaired) electrons. The van der Waals surface area contributed by atoms with Crippen LogP contribution in [0.1, 0.15) is 21.5 Å². The summed E-state index contributed by atoms with van der Waals surface area (Å²) in [7, 11) is 0. The number of hydrazone groups is 1. The molecule has 0 aliphatic carbocycles. The van der Waals surface area contributed by atoms with Crippen molar-refractivity contribution in [2.24, 2.45) is 5.10 Å². The molecule has 2 rings (SSSR count). The van der Waals surface area contributed by atoms with E-state index in [0.29, 0.717) is 5.56 Å². The zero-order chi connectivity index (χ0) is 13.7. The summed E-state index contributed by atoms with van der Waals surface area (Å²) in [5, 5.41) is 12.2. The highest BCUT2D eigenvalue weighted by molar-refractivity contribution is 5.95. The predicted octanol–water partition coefficient (Wildman–Crippen LogP) is 2.05. The lowest BCUT2D eigenvalue weighted by molar-refractivity contribution is 0.0951. The lowest BCUT2D eigenvalue weighted by Gasteiger charge is -2.01. The molecule has 0 spiro atoms. The van der Waals surface area contributed by atoms with Gasteiger partial charge in [0.05, 0.1) is 35.9 Å². The minimum Gasteiger partial charge on any atom is -0.472 e. The molecule has 0 aliphatic rings. The van der Waals surface area contributed by atoms with Crippen molar-refractivity contribution in [1.82, 2.24) is 5.43 Å². The van der Waals surface area contributed by atoms with Crippen LogP contribution in [-0.2, 0) is 0 Å². The fourth-order valence-corrected chi connectivity index (χ4v) is 1.34. The van der Waals surface area contributed by atoms with Crippen molar-refractivity contribution in [3.05, 3.63) is 59.3 Å². The Balaban J connectivity index is 2.06. The van der Waals surface area contributed by atoms with E-state index in [0.717, 1.165) is 6.07 Å². The second kappa shape index (κ2) is 5.60. The Labute approximate surface area is 108 Å². The highest BCUT2D eigenvalue weighted by atomic mass is 19.1. The quantitative estimate of drug-likeness (QED) is 0.675. The Morgan fingerprint density at radius 3 is 2.95 bits per heavy atom. The van der Waals surface area contributed by atoms with Crippen LogP contribution in [0.4, 0.5) is 4.39 Å². The molecule has 2 aromatic rings. The van der Waals surface area contributed by atoms with Crippen LogP contribution in [0.3, 0.4) is 0 Å². The molecule has 5 nitrogen and oxygen atoms in total. The van der Waals surface area contributed by atoms with Gasteiger partial charge in [-0.3, -0.25) is 4.79 Å². The number of nitriles is 1. The van der Waals surface area contributed by atoms with Crippen molar-refractivity contribution >= 4 is 12.1 Å². The Morgan fingerprint density at radius 2 is 2.32 bits per heavy atom. The number of nitrogens with one attached hydrogen (secondary N) is 1. The summed E-state index contributed by atoms with van der Waals surface area (Å²) in [5.41, 5.74) is 2.82. The van der Waals surface area contributed by atoms with Crippen LogP contribution in [0.15, 0.2) is 46.3 Å². The summed E-state index contributed by atoms with van der Waals surface area (Å²) in [6.07, 6.45) is 4.27. The molecule has 0 atom stereocenters. The Kier molecular flexibility index (Phi) is 3.69. The molecule has 0 fully saturated rings. The van der Waals surface area contributed by atoms with Crippen LogP contribution in [0.5, 0.6) is 0 Å². The summed E-state index contributed by atoms with van der Waals surface area (Å²) in [6, 6.07) is 7.02. The molecule has 1 aromatic heterocycles. The van der Waals surface area contributed by atoms with E-state index in [1.807, 2.05) is 0 Å². The van der Waals surface area contributed by atoms with Gasteiger partial charge in [0.25, 0.3) is 5.91 Å². The van der Waals surface area contributed by atoms with E-state index < -0.39 is 11.7 Å². The first kappa shape index (κ1) is 12.5. The van der Waals surface area contributed by atoms with Gasteiger partial charge in [-0.05, 0) is 24.3 Å². The van der Waals surface area contributed by atoms with Gasteiger partial charge in [-0.2, -0.15) is 10.4 Å². The standard InChI is InChI=1S/C13H8FN3O2/c14-12-5-9(6-15)1-2-11(12)13(18)17-16-7-10-3-4-19-8-10/h1-5,7-8H,(H,17,18)/b16-7-. The zero-order valence-electron chi connectivity index (χ0n) is 9.63. The molecule has 0 bridgehead atoms. The number of nitrogens with zero attached hydrogens (tertiary/aromatic N) is 2. The molecule has 1 heterocycles. The summed E-state index contributed by atoms with van der Waals surface area (Å²) in [5.74, 6) is -1.46. The first-order valence-corrected chi connectivity index (χ1v) is 5.26. The van der Waals surface area contributed by atoms with Gasteiger partial charge < -0.3 is 4.42 Å². The predicted molar refractivity (Wildman–Crippen MR) is 64.9 cm³/mol. The zero-order valence-corrected chi connectivity index (χ0v) is 9.63. The number of hydrogen-bond donors (Lipinski definition) is 1. The third kappa shape index (κ3) is 3.04. The fourth-order valence-electron chi connectivity index (χ4n) is 1.34. The topological polar surface area (TPSA) is 78.4 Å². The van der Waals surface area contributed by atoms with E-state index >= 15 is 0 Å². The normalized spacial score (nSPS) is 10.3. The van der Waals surface area contributed by atoms with Gasteiger partial charge >= 0.3 is 0 Å².